The largest absolute Gasteiger partial charge is 0.495 e. The van der Waals surface area contributed by atoms with Gasteiger partial charge in [0.05, 0.1) is 7.11 Å². The van der Waals surface area contributed by atoms with Crippen molar-refractivity contribution in [2.45, 2.75) is 25.3 Å². The smallest absolute Gasteiger partial charge is 0.265 e. The van der Waals surface area contributed by atoms with Crippen LogP contribution in [0.4, 0.5) is 11.4 Å². The molecule has 0 saturated carbocycles. The summed E-state index contributed by atoms with van der Waals surface area (Å²) < 4.78 is 33.5. The second kappa shape index (κ2) is 8.31. The first-order valence-corrected chi connectivity index (χ1v) is 10.3. The van der Waals surface area contributed by atoms with E-state index in [4.69, 9.17) is 4.74 Å². The molecule has 28 heavy (non-hydrogen) atoms. The van der Waals surface area contributed by atoms with E-state index < -0.39 is 10.0 Å². The minimum Gasteiger partial charge on any atom is -0.495 e. The second-order valence-electron chi connectivity index (χ2n) is 6.48. The van der Waals surface area contributed by atoms with Crippen molar-refractivity contribution in [1.82, 2.24) is 4.98 Å². The van der Waals surface area contributed by atoms with Crippen molar-refractivity contribution in [3.05, 3.63) is 77.6 Å². The van der Waals surface area contributed by atoms with E-state index in [0.29, 0.717) is 18.0 Å². The van der Waals surface area contributed by atoms with Gasteiger partial charge in [-0.15, -0.1) is 0 Å². The maximum absolute atomic E-state index is 12.8. The first kappa shape index (κ1) is 19.7. The number of sulfonamides is 1. The van der Waals surface area contributed by atoms with E-state index in [9.17, 15) is 8.42 Å². The van der Waals surface area contributed by atoms with Gasteiger partial charge in [0.25, 0.3) is 10.0 Å². The first-order valence-electron chi connectivity index (χ1n) is 8.80. The molecule has 0 atom stereocenters. The molecule has 0 aliphatic rings. The molecule has 0 fully saturated rings. The number of hydrogen-bond acceptors (Lipinski definition) is 5. The highest BCUT2D eigenvalue weighted by Crippen LogP contribution is 2.29. The molecule has 0 aliphatic heterocycles. The number of nitrogens with one attached hydrogen (secondary N) is 2. The lowest BCUT2D eigenvalue weighted by Gasteiger charge is -2.14. The average Bonchev–Trinajstić information content (AvgIpc) is 2.69. The van der Waals surface area contributed by atoms with Gasteiger partial charge in [-0.05, 0) is 79.1 Å². The molecule has 2 aromatic carbocycles. The quantitative estimate of drug-likeness (QED) is 0.627. The third kappa shape index (κ3) is 4.61. The van der Waals surface area contributed by atoms with Gasteiger partial charge < -0.3 is 10.1 Å². The van der Waals surface area contributed by atoms with Crippen LogP contribution in [0.3, 0.4) is 0 Å². The third-order valence-electron chi connectivity index (χ3n) is 4.45. The summed E-state index contributed by atoms with van der Waals surface area (Å²) >= 11 is 0. The predicted molar refractivity (Wildman–Crippen MR) is 111 cm³/mol. The third-order valence-corrected chi connectivity index (χ3v) is 5.86. The first-order chi connectivity index (χ1) is 13.4. The number of pyridine rings is 1. The number of aromatic nitrogens is 1. The van der Waals surface area contributed by atoms with E-state index in [1.54, 1.807) is 36.7 Å². The van der Waals surface area contributed by atoms with Gasteiger partial charge in [0.1, 0.15) is 10.6 Å². The Balaban J connectivity index is 1.73. The maximum Gasteiger partial charge on any atom is 0.265 e. The predicted octanol–water partition coefficient (Wildman–Crippen LogP) is 4.12. The van der Waals surface area contributed by atoms with Crippen LogP contribution in [0.2, 0.25) is 0 Å². The Morgan fingerprint density at radius 2 is 1.54 bits per heavy atom. The van der Waals surface area contributed by atoms with Gasteiger partial charge in [-0.1, -0.05) is 0 Å². The molecule has 3 aromatic rings. The van der Waals surface area contributed by atoms with Gasteiger partial charge in [-0.3, -0.25) is 9.71 Å². The van der Waals surface area contributed by atoms with Crippen molar-refractivity contribution in [3.8, 4) is 5.75 Å². The summed E-state index contributed by atoms with van der Waals surface area (Å²) in [5.74, 6) is 0.325. The molecular formula is C21H23N3O3S. The van der Waals surface area contributed by atoms with Crippen LogP contribution in [-0.4, -0.2) is 20.5 Å². The van der Waals surface area contributed by atoms with Crippen molar-refractivity contribution in [3.63, 3.8) is 0 Å². The van der Waals surface area contributed by atoms with E-state index in [0.717, 1.165) is 22.4 Å². The monoisotopic (exact) mass is 397 g/mol. The Kier molecular flexibility index (Phi) is 5.84. The second-order valence-corrected chi connectivity index (χ2v) is 8.13. The molecule has 0 unspecified atom stereocenters. The van der Waals surface area contributed by atoms with E-state index in [1.807, 2.05) is 38.1 Å². The minimum absolute atomic E-state index is 0.123. The number of ether oxygens (including phenoxy) is 1. The minimum atomic E-state index is -3.77. The average molecular weight is 398 g/mol. The Labute approximate surface area is 165 Å². The van der Waals surface area contributed by atoms with Crippen LogP contribution in [0, 0.1) is 13.8 Å². The SMILES string of the molecule is COc1cc(C)c(C)cc1S(=O)(=O)Nc1ccc(NCc2ccncc2)cc1. The molecule has 3 rings (SSSR count). The molecule has 0 bridgehead atoms. The number of aryl methyl sites for hydroxylation is 2. The van der Waals surface area contributed by atoms with Crippen LogP contribution in [0.1, 0.15) is 16.7 Å². The number of anilines is 2. The number of rotatable bonds is 7. The van der Waals surface area contributed by atoms with E-state index in [-0.39, 0.29) is 4.90 Å². The molecule has 0 aliphatic carbocycles. The highest BCUT2D eigenvalue weighted by Gasteiger charge is 2.20. The molecule has 1 heterocycles. The summed E-state index contributed by atoms with van der Waals surface area (Å²) in [5.41, 5.74) is 4.34. The van der Waals surface area contributed by atoms with Crippen molar-refractivity contribution < 1.29 is 13.2 Å². The summed E-state index contributed by atoms with van der Waals surface area (Å²) in [7, 11) is -2.30. The van der Waals surface area contributed by atoms with Crippen LogP contribution in [-0.2, 0) is 16.6 Å². The normalized spacial score (nSPS) is 11.1. The van der Waals surface area contributed by atoms with E-state index in [2.05, 4.69) is 15.0 Å². The fourth-order valence-electron chi connectivity index (χ4n) is 2.70. The summed E-state index contributed by atoms with van der Waals surface area (Å²) in [6.45, 7) is 4.45. The van der Waals surface area contributed by atoms with Crippen LogP contribution >= 0.6 is 0 Å². The molecule has 0 saturated heterocycles. The van der Waals surface area contributed by atoms with Crippen molar-refractivity contribution >= 4 is 21.4 Å². The summed E-state index contributed by atoms with van der Waals surface area (Å²) in [4.78, 5) is 4.11. The highest BCUT2D eigenvalue weighted by molar-refractivity contribution is 7.92. The summed E-state index contributed by atoms with van der Waals surface area (Å²) in [6, 6.07) is 14.3. The topological polar surface area (TPSA) is 80.3 Å². The number of methoxy groups -OCH3 is 1. The fourth-order valence-corrected chi connectivity index (χ4v) is 4.00. The summed E-state index contributed by atoms with van der Waals surface area (Å²) in [6.07, 6.45) is 3.49. The van der Waals surface area contributed by atoms with Gasteiger partial charge in [-0.2, -0.15) is 0 Å². The highest BCUT2D eigenvalue weighted by atomic mass is 32.2. The van der Waals surface area contributed by atoms with Crippen LogP contribution in [0.5, 0.6) is 5.75 Å². The molecule has 1 aromatic heterocycles. The van der Waals surface area contributed by atoms with Gasteiger partial charge >= 0.3 is 0 Å². The number of hydrogen-bond donors (Lipinski definition) is 2. The van der Waals surface area contributed by atoms with Crippen molar-refractivity contribution in [2.24, 2.45) is 0 Å². The van der Waals surface area contributed by atoms with Gasteiger partial charge in [0.2, 0.25) is 0 Å². The van der Waals surface area contributed by atoms with E-state index in [1.165, 1.54) is 7.11 Å². The molecule has 0 spiro atoms. The van der Waals surface area contributed by atoms with Gasteiger partial charge in [-0.25, -0.2) is 8.42 Å². The molecular weight excluding hydrogens is 374 g/mol. The lowest BCUT2D eigenvalue weighted by atomic mass is 10.1. The number of benzene rings is 2. The van der Waals surface area contributed by atoms with Crippen LogP contribution in [0.15, 0.2) is 65.8 Å². The van der Waals surface area contributed by atoms with Gasteiger partial charge in [0.15, 0.2) is 0 Å². The molecule has 7 heteroatoms. The Bertz CT molecular complexity index is 1050. The van der Waals surface area contributed by atoms with Gasteiger partial charge in [0, 0.05) is 30.3 Å². The maximum atomic E-state index is 12.8. The standard InChI is InChI=1S/C21H23N3O3S/c1-15-12-20(27-3)21(13-16(15)2)28(25,26)24-19-6-4-18(5-7-19)23-14-17-8-10-22-11-9-17/h4-13,23-24H,14H2,1-3H3. The van der Waals surface area contributed by atoms with E-state index >= 15 is 0 Å². The molecule has 146 valence electrons. The van der Waals surface area contributed by atoms with Crippen molar-refractivity contribution in [1.29, 1.82) is 0 Å². The zero-order valence-corrected chi connectivity index (χ0v) is 16.9. The molecule has 0 radical (unpaired) electrons. The molecule has 0 amide bonds. The van der Waals surface area contributed by atoms with Crippen LogP contribution in [0.25, 0.3) is 0 Å². The zero-order valence-electron chi connectivity index (χ0n) is 16.1. The van der Waals surface area contributed by atoms with Crippen LogP contribution < -0.4 is 14.8 Å². The Morgan fingerprint density at radius 3 is 2.18 bits per heavy atom. The Morgan fingerprint density at radius 1 is 0.929 bits per heavy atom. The molecule has 2 N–H and O–H groups in total. The molecule has 6 nitrogen and oxygen atoms in total. The zero-order chi connectivity index (χ0) is 20.1. The lowest BCUT2D eigenvalue weighted by molar-refractivity contribution is 0.402. The lowest BCUT2D eigenvalue weighted by Crippen LogP contribution is -2.14. The summed E-state index contributed by atoms with van der Waals surface area (Å²) in [5, 5.41) is 3.29. The Hall–Kier alpha value is -3.06. The van der Waals surface area contributed by atoms with Crippen molar-refractivity contribution in [2.75, 3.05) is 17.1 Å². The fraction of sp³-hybridized carbons (Fsp3) is 0.190. The number of nitrogens with zero attached hydrogens (tertiary/aromatic N) is 1.